The molecule has 1 aliphatic rings. The van der Waals surface area contributed by atoms with E-state index in [1.807, 2.05) is 0 Å². The third-order valence-electron chi connectivity index (χ3n) is 4.71. The van der Waals surface area contributed by atoms with Crippen LogP contribution in [0.1, 0.15) is 33.6 Å². The molecule has 0 bridgehead atoms. The summed E-state index contributed by atoms with van der Waals surface area (Å²) >= 11 is 0. The van der Waals surface area contributed by atoms with Gasteiger partial charge in [0.15, 0.2) is 11.5 Å². The lowest BCUT2D eigenvalue weighted by molar-refractivity contribution is 0.0697. The number of nitrogens with one attached hydrogen (secondary N) is 1. The second-order valence-corrected chi connectivity index (χ2v) is 6.51. The number of likely N-dealkylation sites (tertiary alicyclic amines) is 1. The average molecular weight is 372 g/mol. The number of nitrogens with zero attached hydrogens (tertiary/aromatic N) is 3. The maximum Gasteiger partial charge on any atom is 0.254 e. The summed E-state index contributed by atoms with van der Waals surface area (Å²) in [5, 5.41) is 7.02. The summed E-state index contributed by atoms with van der Waals surface area (Å²) < 4.78 is 12.1. The van der Waals surface area contributed by atoms with Crippen molar-refractivity contribution in [3.8, 4) is 11.5 Å². The molecule has 0 atom stereocenters. The zero-order valence-electron chi connectivity index (χ0n) is 15.8. The van der Waals surface area contributed by atoms with Gasteiger partial charge in [0.1, 0.15) is 0 Å². The fraction of sp³-hybridized carbons (Fsp3) is 0.421. The van der Waals surface area contributed by atoms with Crippen LogP contribution in [0, 0.1) is 0 Å². The van der Waals surface area contributed by atoms with Gasteiger partial charge in [0.25, 0.3) is 11.8 Å². The second-order valence-electron chi connectivity index (χ2n) is 6.51. The summed E-state index contributed by atoms with van der Waals surface area (Å²) in [5.41, 5.74) is 1.10. The molecule has 8 heteroatoms. The molecule has 2 heterocycles. The molecule has 1 aromatic heterocycles. The molecule has 8 nitrogen and oxygen atoms in total. The quantitative estimate of drug-likeness (QED) is 0.859. The van der Waals surface area contributed by atoms with Gasteiger partial charge >= 0.3 is 0 Å². The molecule has 1 saturated heterocycles. The van der Waals surface area contributed by atoms with Gasteiger partial charge in [0, 0.05) is 37.9 Å². The number of piperidine rings is 1. The van der Waals surface area contributed by atoms with Crippen LogP contribution in [-0.4, -0.2) is 59.8 Å². The zero-order chi connectivity index (χ0) is 19.4. The van der Waals surface area contributed by atoms with Crippen LogP contribution in [0.25, 0.3) is 0 Å². The molecule has 27 heavy (non-hydrogen) atoms. The predicted octanol–water partition coefficient (Wildman–Crippen LogP) is 1.47. The van der Waals surface area contributed by atoms with Crippen molar-refractivity contribution >= 4 is 11.8 Å². The Balaban J connectivity index is 1.57. The SMILES string of the molecule is COc1ccc(C(=O)N2CCC(NC(=O)c3cnn(C)c3)CC2)cc1OC. The van der Waals surface area contributed by atoms with Crippen LogP contribution in [0.4, 0.5) is 0 Å². The molecule has 2 amide bonds. The van der Waals surface area contributed by atoms with E-state index in [-0.39, 0.29) is 17.9 Å². The van der Waals surface area contributed by atoms with E-state index in [9.17, 15) is 9.59 Å². The topological polar surface area (TPSA) is 85.7 Å². The molecule has 0 spiro atoms. The third kappa shape index (κ3) is 4.21. The fourth-order valence-electron chi connectivity index (χ4n) is 3.19. The van der Waals surface area contributed by atoms with Gasteiger partial charge < -0.3 is 19.7 Å². The minimum absolute atomic E-state index is 0.0482. The number of carbonyl (C=O) groups excluding carboxylic acids is 2. The molecular formula is C19H24N4O4. The van der Waals surface area contributed by atoms with Gasteiger partial charge in [-0.1, -0.05) is 0 Å². The van der Waals surface area contributed by atoms with E-state index in [2.05, 4.69) is 10.4 Å². The number of carbonyl (C=O) groups is 2. The lowest BCUT2D eigenvalue weighted by Crippen LogP contribution is -2.46. The first-order valence-corrected chi connectivity index (χ1v) is 8.82. The minimum Gasteiger partial charge on any atom is -0.493 e. The van der Waals surface area contributed by atoms with Crippen molar-refractivity contribution in [3.63, 3.8) is 0 Å². The standard InChI is InChI=1S/C19H24N4O4/c1-22-12-14(11-20-22)18(24)21-15-6-8-23(9-7-15)19(25)13-4-5-16(26-2)17(10-13)27-3/h4-5,10-12,15H,6-9H2,1-3H3,(H,21,24). The molecule has 3 rings (SSSR count). The normalized spacial score (nSPS) is 14.7. The first kappa shape index (κ1) is 18.8. The van der Waals surface area contributed by atoms with Gasteiger partial charge in [0.05, 0.1) is 26.0 Å². The van der Waals surface area contributed by atoms with E-state index in [1.165, 1.54) is 0 Å². The van der Waals surface area contributed by atoms with Gasteiger partial charge in [0.2, 0.25) is 0 Å². The highest BCUT2D eigenvalue weighted by Gasteiger charge is 2.25. The molecule has 0 radical (unpaired) electrons. The summed E-state index contributed by atoms with van der Waals surface area (Å²) in [5.74, 6) is 0.939. The highest BCUT2D eigenvalue weighted by atomic mass is 16.5. The highest BCUT2D eigenvalue weighted by molar-refractivity contribution is 5.95. The van der Waals surface area contributed by atoms with E-state index in [1.54, 1.807) is 61.4 Å². The van der Waals surface area contributed by atoms with Gasteiger partial charge in [-0.25, -0.2) is 0 Å². The zero-order valence-corrected chi connectivity index (χ0v) is 15.8. The summed E-state index contributed by atoms with van der Waals surface area (Å²) in [6, 6.07) is 5.21. The Labute approximate surface area is 158 Å². The van der Waals surface area contributed by atoms with E-state index < -0.39 is 0 Å². The smallest absolute Gasteiger partial charge is 0.254 e. The Morgan fingerprint density at radius 2 is 1.81 bits per heavy atom. The van der Waals surface area contributed by atoms with E-state index in [0.717, 1.165) is 0 Å². The van der Waals surface area contributed by atoms with Crippen LogP contribution in [0.2, 0.25) is 0 Å². The maximum absolute atomic E-state index is 12.8. The lowest BCUT2D eigenvalue weighted by atomic mass is 10.0. The third-order valence-corrected chi connectivity index (χ3v) is 4.71. The first-order valence-electron chi connectivity index (χ1n) is 8.82. The molecular weight excluding hydrogens is 348 g/mol. The van der Waals surface area contributed by atoms with Crippen molar-refractivity contribution in [3.05, 3.63) is 41.7 Å². The molecule has 1 aliphatic heterocycles. The van der Waals surface area contributed by atoms with Crippen LogP contribution in [0.3, 0.4) is 0 Å². The molecule has 1 N–H and O–H groups in total. The number of hydrogen-bond acceptors (Lipinski definition) is 5. The number of aryl methyl sites for hydroxylation is 1. The Kier molecular flexibility index (Phi) is 5.63. The largest absolute Gasteiger partial charge is 0.493 e. The van der Waals surface area contributed by atoms with Crippen molar-refractivity contribution in [2.75, 3.05) is 27.3 Å². The van der Waals surface area contributed by atoms with Gasteiger partial charge in [-0.3, -0.25) is 14.3 Å². The number of rotatable bonds is 5. The summed E-state index contributed by atoms with van der Waals surface area (Å²) in [6.07, 6.45) is 4.66. The average Bonchev–Trinajstić information content (AvgIpc) is 3.14. The van der Waals surface area contributed by atoms with Gasteiger partial charge in [-0.05, 0) is 31.0 Å². The monoisotopic (exact) mass is 372 g/mol. The highest BCUT2D eigenvalue weighted by Crippen LogP contribution is 2.28. The van der Waals surface area contributed by atoms with Crippen molar-refractivity contribution < 1.29 is 19.1 Å². The van der Waals surface area contributed by atoms with E-state index in [4.69, 9.17) is 9.47 Å². The van der Waals surface area contributed by atoms with Crippen molar-refractivity contribution in [1.82, 2.24) is 20.0 Å². The summed E-state index contributed by atoms with van der Waals surface area (Å²) in [6.45, 7) is 1.18. The summed E-state index contributed by atoms with van der Waals surface area (Å²) in [4.78, 5) is 26.8. The van der Waals surface area contributed by atoms with Crippen LogP contribution in [0.5, 0.6) is 11.5 Å². The van der Waals surface area contributed by atoms with Crippen molar-refractivity contribution in [2.45, 2.75) is 18.9 Å². The number of methoxy groups -OCH3 is 2. The molecule has 2 aromatic rings. The van der Waals surface area contributed by atoms with Crippen molar-refractivity contribution in [2.24, 2.45) is 7.05 Å². The number of ether oxygens (including phenoxy) is 2. The van der Waals surface area contributed by atoms with Crippen LogP contribution >= 0.6 is 0 Å². The Hall–Kier alpha value is -3.03. The Bertz CT molecular complexity index is 825. The Morgan fingerprint density at radius 3 is 2.41 bits per heavy atom. The second kappa shape index (κ2) is 8.11. The lowest BCUT2D eigenvalue weighted by Gasteiger charge is -2.32. The molecule has 1 aromatic carbocycles. The minimum atomic E-state index is -0.132. The molecule has 1 fully saturated rings. The maximum atomic E-state index is 12.8. The number of aromatic nitrogens is 2. The molecule has 144 valence electrons. The number of hydrogen-bond donors (Lipinski definition) is 1. The van der Waals surface area contributed by atoms with E-state index in [0.29, 0.717) is 48.6 Å². The van der Waals surface area contributed by atoms with E-state index >= 15 is 0 Å². The number of benzene rings is 1. The van der Waals surface area contributed by atoms with Crippen LogP contribution in [0.15, 0.2) is 30.6 Å². The number of amides is 2. The van der Waals surface area contributed by atoms with Gasteiger partial charge in [-0.15, -0.1) is 0 Å². The van der Waals surface area contributed by atoms with Crippen LogP contribution < -0.4 is 14.8 Å². The molecule has 0 aliphatic carbocycles. The first-order chi connectivity index (χ1) is 13.0. The Morgan fingerprint density at radius 1 is 1.11 bits per heavy atom. The summed E-state index contributed by atoms with van der Waals surface area (Å²) in [7, 11) is 4.88. The van der Waals surface area contributed by atoms with Crippen LogP contribution in [-0.2, 0) is 7.05 Å². The molecule has 0 saturated carbocycles. The van der Waals surface area contributed by atoms with Gasteiger partial charge in [-0.2, -0.15) is 5.10 Å². The fourth-order valence-corrected chi connectivity index (χ4v) is 3.19. The molecule has 0 unspecified atom stereocenters. The van der Waals surface area contributed by atoms with Crippen molar-refractivity contribution in [1.29, 1.82) is 0 Å². The predicted molar refractivity (Wildman–Crippen MR) is 99.1 cm³/mol.